The Morgan fingerprint density at radius 2 is 1.88 bits per heavy atom. The Kier molecular flexibility index (Phi) is 3.19. The molecule has 3 nitrogen and oxygen atoms in total. The lowest BCUT2D eigenvalue weighted by molar-refractivity contribution is 0.253. The summed E-state index contributed by atoms with van der Waals surface area (Å²) in [6.07, 6.45) is 2.63. The zero-order chi connectivity index (χ0) is 12.5. The van der Waals surface area contributed by atoms with Crippen molar-refractivity contribution in [1.82, 2.24) is 0 Å². The molecule has 0 saturated heterocycles. The van der Waals surface area contributed by atoms with Gasteiger partial charge in [-0.15, -0.1) is 0 Å². The van der Waals surface area contributed by atoms with Crippen LogP contribution in [0.25, 0.3) is 0 Å². The second-order valence-corrected chi connectivity index (χ2v) is 4.69. The van der Waals surface area contributed by atoms with Crippen molar-refractivity contribution in [3.63, 3.8) is 0 Å². The van der Waals surface area contributed by atoms with Crippen molar-refractivity contribution < 1.29 is 13.9 Å². The zero-order valence-corrected chi connectivity index (χ0v) is 9.47. The first-order chi connectivity index (χ1) is 8.06. The maximum atomic E-state index is 13.5. The van der Waals surface area contributed by atoms with Crippen LogP contribution in [0, 0.1) is 17.0 Å². The minimum Gasteiger partial charge on any atom is -0.399 e. The molecule has 1 aliphatic carbocycles. The number of nitrogens with two attached hydrogens (primary N) is 1. The molecule has 17 heavy (non-hydrogen) atoms. The van der Waals surface area contributed by atoms with E-state index < -0.39 is 11.6 Å². The normalized spacial score (nSPS) is 16.9. The highest BCUT2D eigenvalue weighted by atomic mass is 19.1. The van der Waals surface area contributed by atoms with Crippen LogP contribution in [0.1, 0.15) is 19.3 Å². The number of benzene rings is 1. The molecule has 0 aromatic heterocycles. The van der Waals surface area contributed by atoms with Gasteiger partial charge in [-0.2, -0.15) is 0 Å². The van der Waals surface area contributed by atoms with Gasteiger partial charge in [0, 0.05) is 18.8 Å². The molecule has 94 valence electrons. The van der Waals surface area contributed by atoms with E-state index in [9.17, 15) is 8.78 Å². The summed E-state index contributed by atoms with van der Waals surface area (Å²) in [7, 11) is 0. The van der Waals surface area contributed by atoms with Crippen LogP contribution in [0.2, 0.25) is 0 Å². The highest BCUT2D eigenvalue weighted by Crippen LogP contribution is 2.48. The number of nitrogen functional groups attached to an aromatic ring is 1. The van der Waals surface area contributed by atoms with Gasteiger partial charge in [-0.3, -0.25) is 0 Å². The number of aliphatic hydroxyl groups excluding tert-OH is 1. The van der Waals surface area contributed by atoms with Crippen LogP contribution < -0.4 is 11.1 Å². The molecule has 0 spiro atoms. The zero-order valence-electron chi connectivity index (χ0n) is 9.47. The van der Waals surface area contributed by atoms with Crippen molar-refractivity contribution in [3.8, 4) is 0 Å². The molecule has 2 rings (SSSR count). The van der Waals surface area contributed by atoms with Gasteiger partial charge in [-0.1, -0.05) is 0 Å². The van der Waals surface area contributed by atoms with Gasteiger partial charge in [0.25, 0.3) is 0 Å². The number of anilines is 2. The lowest BCUT2D eigenvalue weighted by Gasteiger charge is -2.16. The molecule has 1 fully saturated rings. The lowest BCUT2D eigenvalue weighted by Crippen LogP contribution is -2.18. The Morgan fingerprint density at radius 3 is 2.35 bits per heavy atom. The molecule has 0 radical (unpaired) electrons. The lowest BCUT2D eigenvalue weighted by atomic mass is 10.0. The van der Waals surface area contributed by atoms with E-state index in [1.807, 2.05) is 0 Å². The van der Waals surface area contributed by atoms with Crippen molar-refractivity contribution in [2.75, 3.05) is 24.2 Å². The van der Waals surface area contributed by atoms with Gasteiger partial charge in [0.1, 0.15) is 5.69 Å². The summed E-state index contributed by atoms with van der Waals surface area (Å²) in [5.74, 6) is -1.36. The largest absolute Gasteiger partial charge is 0.399 e. The summed E-state index contributed by atoms with van der Waals surface area (Å²) in [6.45, 7) is 0.583. The Morgan fingerprint density at radius 1 is 1.29 bits per heavy atom. The molecular formula is C12H16F2N2O. The molecule has 1 aliphatic rings. The molecule has 5 heteroatoms. The van der Waals surface area contributed by atoms with Crippen LogP contribution in [-0.4, -0.2) is 18.3 Å². The number of hydrogen-bond donors (Lipinski definition) is 3. The monoisotopic (exact) mass is 242 g/mol. The van der Waals surface area contributed by atoms with Crippen molar-refractivity contribution >= 4 is 11.4 Å². The smallest absolute Gasteiger partial charge is 0.151 e. The predicted molar refractivity (Wildman–Crippen MR) is 62.6 cm³/mol. The third kappa shape index (κ3) is 2.66. The third-order valence-corrected chi connectivity index (χ3v) is 3.30. The summed E-state index contributed by atoms with van der Waals surface area (Å²) in [5, 5.41) is 11.7. The number of rotatable bonds is 5. The van der Waals surface area contributed by atoms with Crippen LogP contribution in [0.5, 0.6) is 0 Å². The van der Waals surface area contributed by atoms with Crippen molar-refractivity contribution in [2.24, 2.45) is 5.41 Å². The van der Waals surface area contributed by atoms with Crippen LogP contribution in [0.15, 0.2) is 12.1 Å². The molecular weight excluding hydrogens is 226 g/mol. The maximum absolute atomic E-state index is 13.5. The summed E-state index contributed by atoms with van der Waals surface area (Å²) in [5.41, 5.74) is 5.27. The first-order valence-electron chi connectivity index (χ1n) is 5.66. The Hall–Kier alpha value is -1.36. The van der Waals surface area contributed by atoms with Crippen LogP contribution in [-0.2, 0) is 0 Å². The van der Waals surface area contributed by atoms with Gasteiger partial charge in [-0.05, 0) is 36.8 Å². The Bertz CT molecular complexity index is 396. The molecule has 1 saturated carbocycles. The fraction of sp³-hybridized carbons (Fsp3) is 0.500. The highest BCUT2D eigenvalue weighted by Gasteiger charge is 2.41. The standard InChI is InChI=1S/C12H16F2N2O/c13-9-5-8(15)6-10(14)11(9)16-7-12(1-2-12)3-4-17/h5-6,16-17H,1-4,7,15H2. The predicted octanol–water partition coefficient (Wildman–Crippen LogP) is 2.12. The molecule has 0 atom stereocenters. The van der Waals surface area contributed by atoms with Crippen LogP contribution >= 0.6 is 0 Å². The molecule has 1 aromatic carbocycles. The highest BCUT2D eigenvalue weighted by molar-refractivity contribution is 5.54. The molecule has 4 N–H and O–H groups in total. The van der Waals surface area contributed by atoms with E-state index in [2.05, 4.69) is 5.32 Å². The summed E-state index contributed by atoms with van der Waals surface area (Å²) in [4.78, 5) is 0. The Labute approximate surface area is 98.6 Å². The van der Waals surface area contributed by atoms with Crippen LogP contribution in [0.3, 0.4) is 0 Å². The summed E-state index contributed by atoms with van der Waals surface area (Å²) < 4.78 is 26.9. The summed E-state index contributed by atoms with van der Waals surface area (Å²) in [6, 6.07) is 2.19. The van der Waals surface area contributed by atoms with Crippen molar-refractivity contribution in [1.29, 1.82) is 0 Å². The van der Waals surface area contributed by atoms with Crippen LogP contribution in [0.4, 0.5) is 20.2 Å². The quantitative estimate of drug-likeness (QED) is 0.693. The molecule has 1 aromatic rings. The van der Waals surface area contributed by atoms with Gasteiger partial charge in [0.2, 0.25) is 0 Å². The van der Waals surface area contributed by atoms with E-state index in [-0.39, 0.29) is 23.4 Å². The van der Waals surface area contributed by atoms with E-state index in [0.29, 0.717) is 13.0 Å². The first-order valence-corrected chi connectivity index (χ1v) is 5.66. The van der Waals surface area contributed by atoms with Gasteiger partial charge >= 0.3 is 0 Å². The average molecular weight is 242 g/mol. The maximum Gasteiger partial charge on any atom is 0.151 e. The third-order valence-electron chi connectivity index (χ3n) is 3.30. The van der Waals surface area contributed by atoms with E-state index in [0.717, 1.165) is 25.0 Å². The van der Waals surface area contributed by atoms with Gasteiger partial charge in [-0.25, -0.2) is 8.78 Å². The van der Waals surface area contributed by atoms with Gasteiger partial charge < -0.3 is 16.2 Å². The fourth-order valence-corrected chi connectivity index (χ4v) is 1.97. The van der Waals surface area contributed by atoms with Gasteiger partial charge in [0.05, 0.1) is 0 Å². The molecule has 0 aliphatic heterocycles. The van der Waals surface area contributed by atoms with Crippen molar-refractivity contribution in [2.45, 2.75) is 19.3 Å². The number of aliphatic hydroxyl groups is 1. The minimum atomic E-state index is -0.678. The van der Waals surface area contributed by atoms with Crippen molar-refractivity contribution in [3.05, 3.63) is 23.8 Å². The van der Waals surface area contributed by atoms with Gasteiger partial charge in [0.15, 0.2) is 11.6 Å². The molecule has 0 heterocycles. The SMILES string of the molecule is Nc1cc(F)c(NCC2(CCO)CC2)c(F)c1. The van der Waals surface area contributed by atoms with E-state index in [1.165, 1.54) is 0 Å². The molecule has 0 bridgehead atoms. The second-order valence-electron chi connectivity index (χ2n) is 4.69. The van der Waals surface area contributed by atoms with E-state index >= 15 is 0 Å². The summed E-state index contributed by atoms with van der Waals surface area (Å²) >= 11 is 0. The first kappa shape index (κ1) is 12.1. The topological polar surface area (TPSA) is 58.3 Å². The second kappa shape index (κ2) is 4.49. The minimum absolute atomic E-state index is 0.00894. The number of nitrogens with one attached hydrogen (secondary N) is 1. The van der Waals surface area contributed by atoms with E-state index in [4.69, 9.17) is 10.8 Å². The average Bonchev–Trinajstić information content (AvgIpc) is 2.97. The fourth-order valence-electron chi connectivity index (χ4n) is 1.97. The number of hydrogen-bond acceptors (Lipinski definition) is 3. The molecule has 0 unspecified atom stereocenters. The number of halogens is 2. The van der Waals surface area contributed by atoms with E-state index in [1.54, 1.807) is 0 Å². The Balaban J connectivity index is 2.04. The molecule has 0 amide bonds.